The molecule has 3 aliphatic rings. The molecule has 0 bridgehead atoms. The molecule has 0 radical (unpaired) electrons. The number of piperazine rings is 2. The van der Waals surface area contributed by atoms with Gasteiger partial charge in [-0.2, -0.15) is 17.9 Å². The lowest BCUT2D eigenvalue weighted by atomic mass is 10.0. The molecule has 1 aliphatic carbocycles. The molecule has 3 fully saturated rings. The number of hydrogen-bond donors (Lipinski definition) is 1. The van der Waals surface area contributed by atoms with Gasteiger partial charge in [-0.3, -0.25) is 14.1 Å². The molecule has 12 nitrogen and oxygen atoms in total. The molecule has 2 unspecified atom stereocenters. The highest BCUT2D eigenvalue weighted by molar-refractivity contribution is 7.89. The molecule has 5 heterocycles. The van der Waals surface area contributed by atoms with Gasteiger partial charge in [-0.1, -0.05) is 18.3 Å². The molecule has 2 aliphatic heterocycles. The Balaban J connectivity index is 1.44. The van der Waals surface area contributed by atoms with Crippen molar-refractivity contribution in [3.05, 3.63) is 23.5 Å². The normalized spacial score (nSPS) is 22.5. The molecule has 1 spiro atoms. The summed E-state index contributed by atoms with van der Waals surface area (Å²) in [5, 5.41) is 5.74. The van der Waals surface area contributed by atoms with E-state index in [4.69, 9.17) is 4.74 Å². The van der Waals surface area contributed by atoms with E-state index >= 15 is 0 Å². The average molecular weight is 629 g/mol. The van der Waals surface area contributed by atoms with Crippen LogP contribution in [-0.4, -0.2) is 101 Å². The molecule has 1 amide bonds. The van der Waals surface area contributed by atoms with Crippen molar-refractivity contribution in [2.45, 2.75) is 61.5 Å². The van der Waals surface area contributed by atoms with Crippen LogP contribution in [0.2, 0.25) is 0 Å². The molecule has 3 aromatic rings. The van der Waals surface area contributed by atoms with Crippen LogP contribution in [0.5, 0.6) is 0 Å². The van der Waals surface area contributed by atoms with Gasteiger partial charge in [0.05, 0.1) is 23.4 Å². The van der Waals surface area contributed by atoms with E-state index in [9.17, 15) is 26.4 Å². The van der Waals surface area contributed by atoms with Crippen LogP contribution in [0.4, 0.5) is 18.9 Å². The van der Waals surface area contributed by atoms with E-state index in [1.54, 1.807) is 13.8 Å². The van der Waals surface area contributed by atoms with E-state index in [0.717, 1.165) is 12.8 Å². The van der Waals surface area contributed by atoms with Gasteiger partial charge in [-0.05, 0) is 39.3 Å². The number of fused-ring (bicyclic) bond motifs is 2. The van der Waals surface area contributed by atoms with Crippen LogP contribution in [0.3, 0.4) is 0 Å². The van der Waals surface area contributed by atoms with Crippen molar-refractivity contribution in [2.75, 3.05) is 45.2 Å². The molecule has 0 aromatic carbocycles. The molecule has 228 valence electrons. The number of aromatic nitrogens is 4. The quantitative estimate of drug-likeness (QED) is 0.393. The number of methoxy groups -OCH3 is 1. The number of imidazole rings is 1. The predicted octanol–water partition coefficient (Wildman–Crippen LogP) is 2.42. The summed E-state index contributed by atoms with van der Waals surface area (Å²) in [4.78, 5) is 23.5. The minimum atomic E-state index is -4.68. The monoisotopic (exact) mass is 628 g/mol. The summed E-state index contributed by atoms with van der Waals surface area (Å²) < 4.78 is 76.6. The van der Waals surface area contributed by atoms with Gasteiger partial charge in [-0.15, -0.1) is 10.2 Å². The Kier molecular flexibility index (Phi) is 6.84. The number of ether oxygens (including phenoxy) is 1. The van der Waals surface area contributed by atoms with Crippen LogP contribution in [0.25, 0.3) is 16.3 Å². The van der Waals surface area contributed by atoms with Crippen LogP contribution in [0.1, 0.15) is 38.1 Å². The zero-order valence-electron chi connectivity index (χ0n) is 23.5. The van der Waals surface area contributed by atoms with Crippen molar-refractivity contribution in [1.29, 1.82) is 0 Å². The zero-order chi connectivity index (χ0) is 30.2. The fourth-order valence-electron chi connectivity index (χ4n) is 5.78. The highest BCUT2D eigenvalue weighted by Gasteiger charge is 2.59. The van der Waals surface area contributed by atoms with Crippen LogP contribution in [0, 0.1) is 0 Å². The average Bonchev–Trinajstić information content (AvgIpc) is 3.38. The Hall–Kier alpha value is -2.86. The van der Waals surface area contributed by atoms with E-state index in [-0.39, 0.29) is 27.7 Å². The van der Waals surface area contributed by atoms with E-state index in [2.05, 4.69) is 24.8 Å². The number of hydrogen-bond acceptors (Lipinski definition) is 10. The van der Waals surface area contributed by atoms with Crippen LogP contribution in [0.15, 0.2) is 23.4 Å². The van der Waals surface area contributed by atoms with E-state index in [0.29, 0.717) is 55.1 Å². The summed E-state index contributed by atoms with van der Waals surface area (Å²) in [7, 11) is -0.817. The lowest BCUT2D eigenvalue weighted by Crippen LogP contribution is -2.68. The number of carbonyl (C=O) groups is 1. The van der Waals surface area contributed by atoms with Gasteiger partial charge in [0.1, 0.15) is 16.2 Å². The second kappa shape index (κ2) is 9.83. The first kappa shape index (κ1) is 29.2. The number of anilines is 1. The standard InChI is InChI=1S/C25H31F3N8O4S2/c1-5-23(2,40-4)32-42(38,39)16-10-17(34-8-9-35-15(13-34)12-33(3)24(6-7-24)22(35)37)18-11-29-19(36(18)14-16)20-30-31-21(41-20)25(26,27)28/h10-11,14-15,32H,5-9,12-13H2,1-4H3. The number of carbonyl (C=O) groups excluding carboxylic acids is 1. The van der Waals surface area contributed by atoms with Crippen LogP contribution in [-0.2, 0) is 25.7 Å². The molecule has 1 saturated carbocycles. The van der Waals surface area contributed by atoms with Crippen molar-refractivity contribution >= 4 is 38.5 Å². The molecule has 1 N–H and O–H groups in total. The highest BCUT2D eigenvalue weighted by atomic mass is 32.2. The Morgan fingerprint density at radius 3 is 2.57 bits per heavy atom. The maximum Gasteiger partial charge on any atom is 0.445 e. The Bertz CT molecular complexity index is 1650. The third kappa shape index (κ3) is 4.74. The lowest BCUT2D eigenvalue weighted by molar-refractivity contribution is -0.147. The molecule has 2 saturated heterocycles. The summed E-state index contributed by atoms with van der Waals surface area (Å²) in [6, 6.07) is 1.42. The van der Waals surface area contributed by atoms with Crippen molar-refractivity contribution in [2.24, 2.45) is 0 Å². The second-order valence-corrected chi connectivity index (χ2v) is 13.9. The minimum Gasteiger partial charge on any atom is -0.366 e. The number of nitrogens with one attached hydrogen (secondary N) is 1. The fourth-order valence-corrected chi connectivity index (χ4v) is 7.90. The summed E-state index contributed by atoms with van der Waals surface area (Å²) in [5.74, 6) is 0.163. The molecular weight excluding hydrogens is 597 g/mol. The molecule has 6 rings (SSSR count). The summed E-state index contributed by atoms with van der Waals surface area (Å²) >= 11 is 0.327. The number of nitrogens with zero attached hydrogens (tertiary/aromatic N) is 7. The summed E-state index contributed by atoms with van der Waals surface area (Å²) in [6.45, 7) is 5.41. The highest BCUT2D eigenvalue weighted by Crippen LogP contribution is 2.46. The topological polar surface area (TPSA) is 125 Å². The van der Waals surface area contributed by atoms with Gasteiger partial charge >= 0.3 is 6.18 Å². The second-order valence-electron chi connectivity index (χ2n) is 11.2. The van der Waals surface area contributed by atoms with Gasteiger partial charge in [0.15, 0.2) is 10.8 Å². The largest absolute Gasteiger partial charge is 0.445 e. The summed E-state index contributed by atoms with van der Waals surface area (Å²) in [6.07, 6.45) is 0.155. The zero-order valence-corrected chi connectivity index (χ0v) is 25.1. The Labute approximate surface area is 244 Å². The number of pyridine rings is 1. The number of rotatable bonds is 7. The molecule has 42 heavy (non-hydrogen) atoms. The van der Waals surface area contributed by atoms with E-state index < -0.39 is 32.5 Å². The van der Waals surface area contributed by atoms with Gasteiger partial charge in [0.25, 0.3) is 0 Å². The van der Waals surface area contributed by atoms with E-state index in [1.165, 1.54) is 30.0 Å². The van der Waals surface area contributed by atoms with Crippen molar-refractivity contribution < 1.29 is 31.1 Å². The van der Waals surface area contributed by atoms with Gasteiger partial charge in [0, 0.05) is 39.5 Å². The first-order valence-electron chi connectivity index (χ1n) is 13.5. The summed E-state index contributed by atoms with van der Waals surface area (Å²) in [5.41, 5.74) is -0.574. The van der Waals surface area contributed by atoms with Crippen molar-refractivity contribution in [3.8, 4) is 10.8 Å². The van der Waals surface area contributed by atoms with Gasteiger partial charge in [-0.25, -0.2) is 13.4 Å². The number of halogens is 3. The van der Waals surface area contributed by atoms with Crippen molar-refractivity contribution in [1.82, 2.24) is 34.1 Å². The number of likely N-dealkylation sites (N-methyl/N-ethyl adjacent to an activating group) is 1. The number of alkyl halides is 3. The van der Waals surface area contributed by atoms with Gasteiger partial charge < -0.3 is 14.5 Å². The van der Waals surface area contributed by atoms with E-state index in [1.807, 2.05) is 16.8 Å². The maximum atomic E-state index is 13.7. The first-order chi connectivity index (χ1) is 19.7. The van der Waals surface area contributed by atoms with Crippen LogP contribution < -0.4 is 9.62 Å². The predicted molar refractivity (Wildman–Crippen MR) is 147 cm³/mol. The van der Waals surface area contributed by atoms with Crippen molar-refractivity contribution in [3.63, 3.8) is 0 Å². The first-order valence-corrected chi connectivity index (χ1v) is 15.8. The maximum absolute atomic E-state index is 13.7. The number of sulfonamides is 1. The molecule has 3 aromatic heterocycles. The molecule has 17 heteroatoms. The number of amides is 1. The third-order valence-corrected chi connectivity index (χ3v) is 11.2. The fraction of sp³-hybridized carbons (Fsp3) is 0.600. The van der Waals surface area contributed by atoms with Crippen LogP contribution >= 0.6 is 11.3 Å². The third-order valence-electron chi connectivity index (χ3n) is 8.66. The SMILES string of the molecule is CCC(C)(NS(=O)(=O)c1cc(N2CCN3C(=O)C4(CC4)N(C)CC3C2)c2cnc(-c3nnc(C(F)(F)F)s3)n2c1)OC. The smallest absolute Gasteiger partial charge is 0.366 e. The Morgan fingerprint density at radius 2 is 1.95 bits per heavy atom. The molecular formula is C25H31F3N8O4S2. The Morgan fingerprint density at radius 1 is 1.21 bits per heavy atom. The molecule has 2 atom stereocenters. The lowest BCUT2D eigenvalue weighted by Gasteiger charge is -2.50. The van der Waals surface area contributed by atoms with Gasteiger partial charge in [0.2, 0.25) is 20.9 Å². The minimum absolute atomic E-state index is 0.0307.